The van der Waals surface area contributed by atoms with Gasteiger partial charge in [0.05, 0.1) is 0 Å². The molecule has 1 aliphatic heterocycles. The lowest BCUT2D eigenvalue weighted by Gasteiger charge is -2.25. The van der Waals surface area contributed by atoms with Crippen LogP contribution in [0.25, 0.3) is 0 Å². The SMILES string of the molecule is CC1(C)CN(C(=O)c2csc(N)n2)C[C@H]1c1ccccc1. The van der Waals surface area contributed by atoms with Gasteiger partial charge < -0.3 is 10.6 Å². The summed E-state index contributed by atoms with van der Waals surface area (Å²) in [6.07, 6.45) is 0. The monoisotopic (exact) mass is 301 g/mol. The average Bonchev–Trinajstić information content (AvgIpc) is 3.02. The quantitative estimate of drug-likeness (QED) is 0.927. The van der Waals surface area contributed by atoms with Crippen molar-refractivity contribution in [2.45, 2.75) is 19.8 Å². The number of carbonyl (C=O) groups excluding carboxylic acids is 1. The van der Waals surface area contributed by atoms with Crippen LogP contribution in [0.2, 0.25) is 0 Å². The molecular formula is C16H19N3OS. The van der Waals surface area contributed by atoms with Gasteiger partial charge >= 0.3 is 0 Å². The largest absolute Gasteiger partial charge is 0.375 e. The molecule has 1 aromatic heterocycles. The molecule has 1 aromatic carbocycles. The van der Waals surface area contributed by atoms with E-state index < -0.39 is 0 Å². The highest BCUT2D eigenvalue weighted by Gasteiger charge is 2.42. The number of aromatic nitrogens is 1. The minimum Gasteiger partial charge on any atom is -0.375 e. The zero-order valence-electron chi connectivity index (χ0n) is 12.2. The number of benzene rings is 1. The molecule has 110 valence electrons. The predicted molar refractivity (Wildman–Crippen MR) is 85.4 cm³/mol. The van der Waals surface area contributed by atoms with E-state index in [-0.39, 0.29) is 11.3 Å². The van der Waals surface area contributed by atoms with E-state index in [1.807, 2.05) is 11.0 Å². The third kappa shape index (κ3) is 2.65. The van der Waals surface area contributed by atoms with Crippen molar-refractivity contribution in [3.05, 3.63) is 47.0 Å². The number of nitrogens with two attached hydrogens (primary N) is 1. The highest BCUT2D eigenvalue weighted by molar-refractivity contribution is 7.13. The summed E-state index contributed by atoms with van der Waals surface area (Å²) in [6, 6.07) is 10.4. The second-order valence-electron chi connectivity index (χ2n) is 6.21. The van der Waals surface area contributed by atoms with E-state index in [4.69, 9.17) is 5.73 Å². The Bertz CT molecular complexity index is 651. The first kappa shape index (κ1) is 14.1. The van der Waals surface area contributed by atoms with Crippen molar-refractivity contribution in [1.29, 1.82) is 0 Å². The van der Waals surface area contributed by atoms with Crippen molar-refractivity contribution in [2.24, 2.45) is 5.41 Å². The molecule has 1 fully saturated rings. The van der Waals surface area contributed by atoms with E-state index >= 15 is 0 Å². The minimum atomic E-state index is -0.0190. The number of anilines is 1. The highest BCUT2D eigenvalue weighted by atomic mass is 32.1. The van der Waals surface area contributed by atoms with Gasteiger partial charge in [-0.3, -0.25) is 4.79 Å². The van der Waals surface area contributed by atoms with Gasteiger partial charge in [-0.05, 0) is 11.0 Å². The van der Waals surface area contributed by atoms with E-state index in [1.165, 1.54) is 16.9 Å². The number of rotatable bonds is 2. The molecule has 4 nitrogen and oxygen atoms in total. The maximum Gasteiger partial charge on any atom is 0.273 e. The standard InChI is InChI=1S/C16H19N3OS/c1-16(2)10-19(14(20)13-9-21-15(17)18-13)8-12(16)11-6-4-3-5-7-11/h3-7,9,12H,8,10H2,1-2H3,(H2,17,18)/t12-/m0/s1. The Morgan fingerprint density at radius 1 is 1.38 bits per heavy atom. The van der Waals surface area contributed by atoms with Gasteiger partial charge in [-0.1, -0.05) is 44.2 Å². The fraction of sp³-hybridized carbons (Fsp3) is 0.375. The molecule has 0 bridgehead atoms. The van der Waals surface area contributed by atoms with Crippen molar-refractivity contribution in [3.8, 4) is 0 Å². The molecule has 0 unspecified atom stereocenters. The number of nitrogens with zero attached hydrogens (tertiary/aromatic N) is 2. The zero-order valence-corrected chi connectivity index (χ0v) is 13.1. The Hall–Kier alpha value is -1.88. The summed E-state index contributed by atoms with van der Waals surface area (Å²) in [5.74, 6) is 0.327. The number of likely N-dealkylation sites (tertiary alicyclic amines) is 1. The van der Waals surface area contributed by atoms with Gasteiger partial charge in [0.25, 0.3) is 5.91 Å². The molecule has 2 heterocycles. The molecule has 1 aliphatic rings. The van der Waals surface area contributed by atoms with Crippen LogP contribution in [0.3, 0.4) is 0 Å². The first-order valence-corrected chi connectivity index (χ1v) is 7.90. The third-order valence-corrected chi connectivity index (χ3v) is 4.85. The Kier molecular flexibility index (Phi) is 3.45. The molecule has 3 rings (SSSR count). The van der Waals surface area contributed by atoms with Crippen LogP contribution >= 0.6 is 11.3 Å². The molecule has 21 heavy (non-hydrogen) atoms. The maximum absolute atomic E-state index is 12.5. The zero-order chi connectivity index (χ0) is 15.0. The molecular weight excluding hydrogens is 282 g/mol. The van der Waals surface area contributed by atoms with Crippen LogP contribution in [0, 0.1) is 5.41 Å². The summed E-state index contributed by atoms with van der Waals surface area (Å²) >= 11 is 1.31. The van der Waals surface area contributed by atoms with Gasteiger partial charge in [-0.25, -0.2) is 4.98 Å². The normalized spacial score (nSPS) is 20.7. The van der Waals surface area contributed by atoms with Crippen molar-refractivity contribution in [2.75, 3.05) is 18.8 Å². The summed E-state index contributed by atoms with van der Waals surface area (Å²) in [7, 11) is 0. The molecule has 5 heteroatoms. The van der Waals surface area contributed by atoms with E-state index in [9.17, 15) is 4.79 Å². The Morgan fingerprint density at radius 3 is 2.71 bits per heavy atom. The second kappa shape index (κ2) is 5.15. The first-order valence-electron chi connectivity index (χ1n) is 7.02. The van der Waals surface area contributed by atoms with Crippen molar-refractivity contribution in [1.82, 2.24) is 9.88 Å². The van der Waals surface area contributed by atoms with E-state index in [2.05, 4.69) is 43.1 Å². The Morgan fingerprint density at radius 2 is 2.10 bits per heavy atom. The van der Waals surface area contributed by atoms with Crippen LogP contribution in [0.15, 0.2) is 35.7 Å². The fourth-order valence-electron chi connectivity index (χ4n) is 3.08. The minimum absolute atomic E-state index is 0.0190. The number of hydrogen-bond acceptors (Lipinski definition) is 4. The van der Waals surface area contributed by atoms with Gasteiger partial charge in [0.1, 0.15) is 5.69 Å². The average molecular weight is 301 g/mol. The van der Waals surface area contributed by atoms with Crippen LogP contribution in [-0.2, 0) is 0 Å². The maximum atomic E-state index is 12.5. The lowest BCUT2D eigenvalue weighted by molar-refractivity contribution is 0.0773. The van der Waals surface area contributed by atoms with Crippen LogP contribution in [0.4, 0.5) is 5.13 Å². The molecule has 0 saturated carbocycles. The molecule has 1 atom stereocenters. The summed E-state index contributed by atoms with van der Waals surface area (Å²) in [6.45, 7) is 5.90. The lowest BCUT2D eigenvalue weighted by atomic mass is 9.78. The van der Waals surface area contributed by atoms with Gasteiger partial charge in [-0.2, -0.15) is 0 Å². The predicted octanol–water partition coefficient (Wildman–Crippen LogP) is 2.99. The summed E-state index contributed by atoms with van der Waals surface area (Å²) in [5.41, 5.74) is 7.43. The van der Waals surface area contributed by atoms with Gasteiger partial charge in [0, 0.05) is 24.4 Å². The highest BCUT2D eigenvalue weighted by Crippen LogP contribution is 2.42. The second-order valence-corrected chi connectivity index (χ2v) is 7.10. The number of hydrogen-bond donors (Lipinski definition) is 1. The summed E-state index contributed by atoms with van der Waals surface area (Å²) in [5, 5.41) is 2.18. The first-order chi connectivity index (χ1) is 9.97. The van der Waals surface area contributed by atoms with Crippen LogP contribution in [0.1, 0.15) is 35.8 Å². The molecule has 2 N–H and O–H groups in total. The number of nitrogen functional groups attached to an aromatic ring is 1. The molecule has 2 aromatic rings. The molecule has 0 radical (unpaired) electrons. The molecule has 1 amide bonds. The Labute approximate surface area is 128 Å². The number of amides is 1. The van der Waals surface area contributed by atoms with Gasteiger partial charge in [0.2, 0.25) is 0 Å². The molecule has 1 saturated heterocycles. The van der Waals surface area contributed by atoms with E-state index in [0.29, 0.717) is 16.7 Å². The number of thiazole rings is 1. The van der Waals surface area contributed by atoms with Gasteiger partial charge in [0.15, 0.2) is 5.13 Å². The smallest absolute Gasteiger partial charge is 0.273 e. The van der Waals surface area contributed by atoms with E-state index in [0.717, 1.165) is 13.1 Å². The topological polar surface area (TPSA) is 59.2 Å². The van der Waals surface area contributed by atoms with Crippen molar-refractivity contribution < 1.29 is 4.79 Å². The van der Waals surface area contributed by atoms with Crippen molar-refractivity contribution >= 4 is 22.4 Å². The summed E-state index contributed by atoms with van der Waals surface area (Å²) < 4.78 is 0. The Balaban J connectivity index is 1.83. The lowest BCUT2D eigenvalue weighted by Crippen LogP contribution is -2.30. The van der Waals surface area contributed by atoms with E-state index in [1.54, 1.807) is 5.38 Å². The van der Waals surface area contributed by atoms with Gasteiger partial charge in [-0.15, -0.1) is 11.3 Å². The third-order valence-electron chi connectivity index (χ3n) is 4.17. The molecule has 0 spiro atoms. The number of carbonyl (C=O) groups is 1. The van der Waals surface area contributed by atoms with Crippen LogP contribution in [-0.4, -0.2) is 28.9 Å². The summed E-state index contributed by atoms with van der Waals surface area (Å²) in [4.78, 5) is 18.5. The fourth-order valence-corrected chi connectivity index (χ4v) is 3.62. The van der Waals surface area contributed by atoms with Crippen LogP contribution in [0.5, 0.6) is 0 Å². The molecule has 0 aliphatic carbocycles. The van der Waals surface area contributed by atoms with Crippen LogP contribution < -0.4 is 5.73 Å². The van der Waals surface area contributed by atoms with Crippen molar-refractivity contribution in [3.63, 3.8) is 0 Å².